The van der Waals surface area contributed by atoms with Crippen LogP contribution in [-0.2, 0) is 13.0 Å². The highest BCUT2D eigenvalue weighted by Crippen LogP contribution is 2.02. The van der Waals surface area contributed by atoms with Gasteiger partial charge in [-0.15, -0.1) is 0 Å². The van der Waals surface area contributed by atoms with Gasteiger partial charge in [-0.2, -0.15) is 10.2 Å². The van der Waals surface area contributed by atoms with Gasteiger partial charge in [0.2, 0.25) is 5.89 Å². The van der Waals surface area contributed by atoms with Crippen LogP contribution in [-0.4, -0.2) is 14.7 Å². The van der Waals surface area contributed by atoms with Gasteiger partial charge in [0.15, 0.2) is 5.82 Å². The normalized spacial score (nSPS) is 10.2. The molecule has 0 unspecified atom stereocenters. The van der Waals surface area contributed by atoms with Gasteiger partial charge in [0, 0.05) is 12.6 Å². The summed E-state index contributed by atoms with van der Waals surface area (Å²) in [4.78, 5) is 16.0. The number of nitriles is 1. The molecule has 6 nitrogen and oxygen atoms in total. The average Bonchev–Trinajstić information content (AvgIpc) is 2.80. The summed E-state index contributed by atoms with van der Waals surface area (Å²) in [5.41, 5.74) is -0.249. The van der Waals surface area contributed by atoms with Crippen LogP contribution < -0.4 is 5.56 Å². The van der Waals surface area contributed by atoms with Gasteiger partial charge in [-0.3, -0.25) is 4.79 Å². The molecule has 6 heteroatoms. The Bertz CT molecular complexity index is 636. The SMILES string of the molecule is CCCc1noc(Cn2cccc(C#N)c2=O)n1. The third-order valence-electron chi connectivity index (χ3n) is 2.43. The van der Waals surface area contributed by atoms with E-state index in [1.165, 1.54) is 10.6 Å². The van der Waals surface area contributed by atoms with Crippen LogP contribution in [0.1, 0.15) is 30.6 Å². The molecule has 2 rings (SSSR count). The number of hydrogen-bond donors (Lipinski definition) is 0. The van der Waals surface area contributed by atoms with Gasteiger partial charge in [-0.1, -0.05) is 12.1 Å². The van der Waals surface area contributed by atoms with Crippen molar-refractivity contribution >= 4 is 0 Å². The molecule has 2 heterocycles. The van der Waals surface area contributed by atoms with Crippen molar-refractivity contribution in [3.8, 4) is 6.07 Å². The first-order valence-electron chi connectivity index (χ1n) is 5.65. The molecule has 2 aromatic rings. The zero-order valence-electron chi connectivity index (χ0n) is 9.96. The third-order valence-corrected chi connectivity index (χ3v) is 2.43. The summed E-state index contributed by atoms with van der Waals surface area (Å²) >= 11 is 0. The molecule has 0 aliphatic carbocycles. The minimum absolute atomic E-state index is 0.103. The third kappa shape index (κ3) is 2.46. The van der Waals surface area contributed by atoms with Gasteiger partial charge in [-0.05, 0) is 18.6 Å². The van der Waals surface area contributed by atoms with Gasteiger partial charge >= 0.3 is 0 Å². The van der Waals surface area contributed by atoms with Crippen LogP contribution in [0, 0.1) is 11.3 Å². The van der Waals surface area contributed by atoms with Crippen LogP contribution in [0.15, 0.2) is 27.6 Å². The highest BCUT2D eigenvalue weighted by atomic mass is 16.5. The van der Waals surface area contributed by atoms with E-state index in [9.17, 15) is 4.79 Å². The number of aromatic nitrogens is 3. The molecule has 0 aromatic carbocycles. The van der Waals surface area contributed by atoms with E-state index >= 15 is 0 Å². The maximum Gasteiger partial charge on any atom is 0.268 e. The van der Waals surface area contributed by atoms with Crippen molar-refractivity contribution in [3.05, 3.63) is 46.0 Å². The Morgan fingerprint density at radius 3 is 3.11 bits per heavy atom. The van der Waals surface area contributed by atoms with E-state index < -0.39 is 0 Å². The molecule has 2 aromatic heterocycles. The van der Waals surface area contributed by atoms with E-state index in [0.717, 1.165) is 12.8 Å². The van der Waals surface area contributed by atoms with Crippen LogP contribution >= 0.6 is 0 Å². The predicted octanol–water partition coefficient (Wildman–Crippen LogP) is 1.10. The molecule has 0 N–H and O–H groups in total. The molecule has 0 saturated carbocycles. The molecule has 18 heavy (non-hydrogen) atoms. The molecular formula is C12H12N4O2. The topological polar surface area (TPSA) is 84.7 Å². The van der Waals surface area contributed by atoms with Gasteiger partial charge in [0.25, 0.3) is 5.56 Å². The first-order valence-corrected chi connectivity index (χ1v) is 5.65. The van der Waals surface area contributed by atoms with Gasteiger partial charge in [-0.25, -0.2) is 0 Å². The van der Waals surface area contributed by atoms with E-state index in [1.54, 1.807) is 12.3 Å². The largest absolute Gasteiger partial charge is 0.337 e. The zero-order chi connectivity index (χ0) is 13.0. The molecular weight excluding hydrogens is 232 g/mol. The Hall–Kier alpha value is -2.42. The Labute approximate surface area is 103 Å². The minimum Gasteiger partial charge on any atom is -0.337 e. The van der Waals surface area contributed by atoms with Crippen molar-refractivity contribution in [2.24, 2.45) is 0 Å². The highest BCUT2D eigenvalue weighted by molar-refractivity contribution is 5.25. The minimum atomic E-state index is -0.352. The number of aryl methyl sites for hydroxylation is 1. The Morgan fingerprint density at radius 2 is 2.39 bits per heavy atom. The lowest BCUT2D eigenvalue weighted by Gasteiger charge is -2.00. The van der Waals surface area contributed by atoms with Gasteiger partial charge < -0.3 is 9.09 Å². The van der Waals surface area contributed by atoms with E-state index in [1.807, 2.05) is 13.0 Å². The van der Waals surface area contributed by atoms with Crippen molar-refractivity contribution in [2.45, 2.75) is 26.3 Å². The first kappa shape index (κ1) is 12.0. The smallest absolute Gasteiger partial charge is 0.268 e. The van der Waals surface area contributed by atoms with E-state index in [0.29, 0.717) is 11.7 Å². The van der Waals surface area contributed by atoms with Crippen LogP contribution in [0.2, 0.25) is 0 Å². The van der Waals surface area contributed by atoms with Crippen LogP contribution in [0.4, 0.5) is 0 Å². The van der Waals surface area contributed by atoms with Crippen molar-refractivity contribution in [3.63, 3.8) is 0 Å². The van der Waals surface area contributed by atoms with Gasteiger partial charge in [0.05, 0.1) is 0 Å². The Balaban J connectivity index is 2.23. The summed E-state index contributed by atoms with van der Waals surface area (Å²) in [7, 11) is 0. The second-order valence-corrected chi connectivity index (χ2v) is 3.82. The molecule has 0 fully saturated rings. The number of hydrogen-bond acceptors (Lipinski definition) is 5. The summed E-state index contributed by atoms with van der Waals surface area (Å²) in [6.07, 6.45) is 3.27. The van der Waals surface area contributed by atoms with Crippen LogP contribution in [0.25, 0.3) is 0 Å². The summed E-state index contributed by atoms with van der Waals surface area (Å²) < 4.78 is 6.42. The lowest BCUT2D eigenvalue weighted by Crippen LogP contribution is -2.22. The van der Waals surface area contributed by atoms with Crippen LogP contribution in [0.5, 0.6) is 0 Å². The maximum atomic E-state index is 11.8. The van der Waals surface area contributed by atoms with Crippen molar-refractivity contribution in [2.75, 3.05) is 0 Å². The Kier molecular flexibility index (Phi) is 3.53. The Morgan fingerprint density at radius 1 is 1.56 bits per heavy atom. The van der Waals surface area contributed by atoms with Crippen molar-refractivity contribution in [1.29, 1.82) is 5.26 Å². The van der Waals surface area contributed by atoms with E-state index in [-0.39, 0.29) is 17.7 Å². The highest BCUT2D eigenvalue weighted by Gasteiger charge is 2.08. The molecule has 0 radical (unpaired) electrons. The van der Waals surface area contributed by atoms with Crippen molar-refractivity contribution in [1.82, 2.24) is 14.7 Å². The standard InChI is InChI=1S/C12H12N4O2/c1-2-4-10-14-11(18-15-10)8-16-6-3-5-9(7-13)12(16)17/h3,5-6H,2,4,8H2,1H3. The second kappa shape index (κ2) is 5.27. The molecule has 0 saturated heterocycles. The fraction of sp³-hybridized carbons (Fsp3) is 0.333. The molecule has 0 aliphatic rings. The van der Waals surface area contributed by atoms with Crippen molar-refractivity contribution < 1.29 is 4.52 Å². The summed E-state index contributed by atoms with van der Waals surface area (Å²) in [5, 5.41) is 12.6. The summed E-state index contributed by atoms with van der Waals surface area (Å²) in [6, 6.07) is 4.97. The lowest BCUT2D eigenvalue weighted by molar-refractivity contribution is 0.364. The van der Waals surface area contributed by atoms with E-state index in [2.05, 4.69) is 10.1 Å². The monoisotopic (exact) mass is 244 g/mol. The summed E-state index contributed by atoms with van der Waals surface area (Å²) in [6.45, 7) is 2.21. The average molecular weight is 244 g/mol. The van der Waals surface area contributed by atoms with Gasteiger partial charge in [0.1, 0.15) is 18.2 Å². The molecule has 0 bridgehead atoms. The number of rotatable bonds is 4. The molecule has 0 spiro atoms. The van der Waals surface area contributed by atoms with Crippen LogP contribution in [0.3, 0.4) is 0 Å². The first-order chi connectivity index (χ1) is 8.74. The summed E-state index contributed by atoms with van der Waals surface area (Å²) in [5.74, 6) is 1.01. The van der Waals surface area contributed by atoms with E-state index in [4.69, 9.17) is 9.78 Å². The fourth-order valence-corrected chi connectivity index (χ4v) is 1.57. The fourth-order valence-electron chi connectivity index (χ4n) is 1.57. The molecule has 0 amide bonds. The maximum absolute atomic E-state index is 11.8. The quantitative estimate of drug-likeness (QED) is 0.804. The molecule has 0 atom stereocenters. The molecule has 92 valence electrons. The second-order valence-electron chi connectivity index (χ2n) is 3.82. The number of pyridine rings is 1. The number of nitrogens with zero attached hydrogens (tertiary/aromatic N) is 4. The predicted molar refractivity (Wildman–Crippen MR) is 62.8 cm³/mol. The zero-order valence-corrected chi connectivity index (χ0v) is 9.96. The molecule has 0 aliphatic heterocycles. The lowest BCUT2D eigenvalue weighted by atomic mass is 10.3.